The number of rotatable bonds is 3. The quantitative estimate of drug-likeness (QED) is 0.559. The molecular weight excluding hydrogens is 369 g/mol. The molecule has 0 aromatic heterocycles. The van der Waals surface area contributed by atoms with Crippen LogP contribution < -0.4 is 4.74 Å². The summed E-state index contributed by atoms with van der Waals surface area (Å²) in [7, 11) is 1.34. The first kappa shape index (κ1) is 22.1. The maximum Gasteiger partial charge on any atom is 0.391 e. The van der Waals surface area contributed by atoms with Crippen molar-refractivity contribution in [2.45, 2.75) is 58.7 Å². The van der Waals surface area contributed by atoms with E-state index in [1.54, 1.807) is 12.1 Å². The van der Waals surface area contributed by atoms with Gasteiger partial charge in [-0.25, -0.2) is 4.79 Å². The number of alkyl halides is 3. The molecule has 0 amide bonds. The molecule has 2 aromatic carbocycles. The van der Waals surface area contributed by atoms with Gasteiger partial charge in [-0.2, -0.15) is 13.2 Å². The van der Waals surface area contributed by atoms with E-state index in [2.05, 4.69) is 0 Å². The number of ether oxygens (including phenoxy) is 2. The zero-order chi connectivity index (χ0) is 20.9. The van der Waals surface area contributed by atoms with Gasteiger partial charge < -0.3 is 9.47 Å². The van der Waals surface area contributed by atoms with Crippen LogP contribution in [0.25, 0.3) is 10.8 Å². The molecule has 0 spiro atoms. The summed E-state index contributed by atoms with van der Waals surface area (Å²) in [4.78, 5) is 11.6. The van der Waals surface area contributed by atoms with E-state index in [0.29, 0.717) is 24.2 Å². The third kappa shape index (κ3) is 4.97. The zero-order valence-electron chi connectivity index (χ0n) is 16.7. The van der Waals surface area contributed by atoms with Crippen molar-refractivity contribution in [1.82, 2.24) is 0 Å². The fraction of sp³-hybridized carbons (Fsp3) is 0.500. The molecule has 6 heteroatoms. The van der Waals surface area contributed by atoms with Crippen molar-refractivity contribution in [3.8, 4) is 5.75 Å². The maximum atomic E-state index is 12.8. The van der Waals surface area contributed by atoms with Crippen LogP contribution in [0.3, 0.4) is 0 Å². The molecule has 28 heavy (non-hydrogen) atoms. The van der Waals surface area contributed by atoms with Crippen molar-refractivity contribution < 1.29 is 27.4 Å². The molecule has 3 rings (SSSR count). The van der Waals surface area contributed by atoms with E-state index < -0.39 is 18.1 Å². The number of methoxy groups -OCH3 is 1. The molecule has 1 fully saturated rings. The highest BCUT2D eigenvalue weighted by Crippen LogP contribution is 2.39. The van der Waals surface area contributed by atoms with Crippen LogP contribution >= 0.6 is 0 Å². The van der Waals surface area contributed by atoms with Crippen LogP contribution in [-0.2, 0) is 4.74 Å². The van der Waals surface area contributed by atoms with Crippen molar-refractivity contribution >= 4 is 16.7 Å². The van der Waals surface area contributed by atoms with Gasteiger partial charge in [-0.05, 0) is 67.1 Å². The number of aryl methyl sites for hydroxylation is 1. The van der Waals surface area contributed by atoms with Crippen LogP contribution in [0.15, 0.2) is 30.3 Å². The van der Waals surface area contributed by atoms with Crippen LogP contribution in [0.2, 0.25) is 0 Å². The van der Waals surface area contributed by atoms with E-state index in [0.717, 1.165) is 16.3 Å². The first-order chi connectivity index (χ1) is 13.3. The second-order valence-electron chi connectivity index (χ2n) is 6.75. The van der Waals surface area contributed by atoms with Gasteiger partial charge in [0.2, 0.25) is 0 Å². The number of carbonyl (C=O) groups excluding carboxylic acids is 1. The normalized spacial score (nSPS) is 19.5. The number of hydrogen-bond donors (Lipinski definition) is 0. The maximum absolute atomic E-state index is 12.8. The number of esters is 1. The highest BCUT2D eigenvalue weighted by Gasteiger charge is 2.41. The molecule has 0 aliphatic heterocycles. The lowest BCUT2D eigenvalue weighted by Crippen LogP contribution is -2.31. The molecule has 154 valence electrons. The van der Waals surface area contributed by atoms with E-state index >= 15 is 0 Å². The van der Waals surface area contributed by atoms with Gasteiger partial charge in [-0.15, -0.1) is 0 Å². The smallest absolute Gasteiger partial charge is 0.391 e. The molecule has 0 unspecified atom stereocenters. The minimum Gasteiger partial charge on any atom is -0.490 e. The summed E-state index contributed by atoms with van der Waals surface area (Å²) in [6.45, 7) is 5.91. The Kier molecular flexibility index (Phi) is 7.33. The first-order valence-corrected chi connectivity index (χ1v) is 9.64. The monoisotopic (exact) mass is 396 g/mol. The lowest BCUT2D eigenvalue weighted by atomic mass is 9.87. The molecule has 0 N–H and O–H groups in total. The van der Waals surface area contributed by atoms with Crippen molar-refractivity contribution in [2.24, 2.45) is 5.92 Å². The molecule has 0 saturated heterocycles. The Morgan fingerprint density at radius 1 is 1.04 bits per heavy atom. The van der Waals surface area contributed by atoms with Crippen LogP contribution in [0.5, 0.6) is 5.75 Å². The summed E-state index contributed by atoms with van der Waals surface area (Å²) >= 11 is 0. The first-order valence-electron chi connectivity index (χ1n) is 9.64. The van der Waals surface area contributed by atoms with Crippen molar-refractivity contribution in [1.29, 1.82) is 0 Å². The lowest BCUT2D eigenvalue weighted by molar-refractivity contribution is -0.185. The molecule has 0 radical (unpaired) electrons. The Bertz CT molecular complexity index is 807. The van der Waals surface area contributed by atoms with Crippen LogP contribution in [0.1, 0.15) is 55.5 Å². The molecular formula is C22H27F3O3. The Morgan fingerprint density at radius 2 is 1.68 bits per heavy atom. The van der Waals surface area contributed by atoms with Crippen molar-refractivity contribution in [3.63, 3.8) is 0 Å². The zero-order valence-corrected chi connectivity index (χ0v) is 16.7. The third-order valence-corrected chi connectivity index (χ3v) is 5.09. The van der Waals surface area contributed by atoms with Gasteiger partial charge in [0.1, 0.15) is 5.75 Å². The van der Waals surface area contributed by atoms with Crippen molar-refractivity contribution in [3.05, 3.63) is 41.5 Å². The fourth-order valence-electron chi connectivity index (χ4n) is 3.53. The summed E-state index contributed by atoms with van der Waals surface area (Å²) in [6.07, 6.45) is -3.27. The molecule has 1 saturated carbocycles. The molecule has 3 nitrogen and oxygen atoms in total. The molecule has 0 heterocycles. The van der Waals surface area contributed by atoms with E-state index in [4.69, 9.17) is 9.47 Å². The van der Waals surface area contributed by atoms with Crippen molar-refractivity contribution in [2.75, 3.05) is 7.11 Å². The van der Waals surface area contributed by atoms with E-state index in [1.807, 2.05) is 39.0 Å². The molecule has 0 atom stereocenters. The highest BCUT2D eigenvalue weighted by atomic mass is 19.4. The van der Waals surface area contributed by atoms with Crippen LogP contribution in [0.4, 0.5) is 13.2 Å². The van der Waals surface area contributed by atoms with Gasteiger partial charge in [0, 0.05) is 0 Å². The summed E-state index contributed by atoms with van der Waals surface area (Å²) < 4.78 is 49.0. The lowest BCUT2D eigenvalue weighted by Gasteiger charge is -2.30. The van der Waals surface area contributed by atoms with Gasteiger partial charge in [-0.1, -0.05) is 26.0 Å². The summed E-state index contributed by atoms with van der Waals surface area (Å²) in [5.41, 5.74) is 1.38. The molecule has 0 bridgehead atoms. The average Bonchev–Trinajstić information content (AvgIpc) is 2.70. The summed E-state index contributed by atoms with van der Waals surface area (Å²) in [5.74, 6) is -0.929. The Hall–Kier alpha value is -2.24. The standard InChI is InChI=1S/C20H21F3O3.C2H6/c1-12-17-9-3-14(19(24)25-2)11-13(17)4-10-18(12)26-16-7-5-15(6-8-16)20(21,22)23;1-2/h3-4,9-11,15-16H,5-8H2,1-2H3;1-2H3. The predicted molar refractivity (Wildman–Crippen MR) is 104 cm³/mol. The average molecular weight is 396 g/mol. The van der Waals surface area contributed by atoms with Crippen LogP contribution in [-0.4, -0.2) is 25.4 Å². The van der Waals surface area contributed by atoms with Gasteiger partial charge in [0.05, 0.1) is 24.7 Å². The molecule has 1 aliphatic rings. The topological polar surface area (TPSA) is 35.5 Å². The molecule has 2 aromatic rings. The largest absolute Gasteiger partial charge is 0.490 e. The second kappa shape index (κ2) is 9.30. The number of halogens is 3. The van der Waals surface area contributed by atoms with Gasteiger partial charge in [0.15, 0.2) is 0 Å². The Labute approximate surface area is 163 Å². The van der Waals surface area contributed by atoms with E-state index in [9.17, 15) is 18.0 Å². The summed E-state index contributed by atoms with van der Waals surface area (Å²) in [6, 6.07) is 8.95. The van der Waals surface area contributed by atoms with E-state index in [1.165, 1.54) is 7.11 Å². The highest BCUT2D eigenvalue weighted by molar-refractivity contribution is 5.96. The number of hydrogen-bond acceptors (Lipinski definition) is 3. The Balaban J connectivity index is 0.00000136. The van der Waals surface area contributed by atoms with Crippen LogP contribution in [0, 0.1) is 12.8 Å². The number of benzene rings is 2. The minimum atomic E-state index is -4.11. The SMILES string of the molecule is CC.COC(=O)c1ccc2c(C)c(OC3CCC(C(F)(F)F)CC3)ccc2c1. The van der Waals surface area contributed by atoms with Gasteiger partial charge in [-0.3, -0.25) is 0 Å². The minimum absolute atomic E-state index is 0.114. The van der Waals surface area contributed by atoms with Gasteiger partial charge in [0.25, 0.3) is 0 Å². The third-order valence-electron chi connectivity index (χ3n) is 5.09. The fourth-order valence-corrected chi connectivity index (χ4v) is 3.53. The predicted octanol–water partition coefficient (Wildman–Crippen LogP) is 6.46. The Morgan fingerprint density at radius 3 is 2.25 bits per heavy atom. The second-order valence-corrected chi connectivity index (χ2v) is 6.75. The number of carbonyl (C=O) groups is 1. The molecule has 1 aliphatic carbocycles. The van der Waals surface area contributed by atoms with E-state index in [-0.39, 0.29) is 18.9 Å². The summed E-state index contributed by atoms with van der Waals surface area (Å²) in [5, 5.41) is 1.83. The number of fused-ring (bicyclic) bond motifs is 1. The van der Waals surface area contributed by atoms with Gasteiger partial charge >= 0.3 is 12.1 Å².